The Morgan fingerprint density at radius 1 is 1.16 bits per heavy atom. The van der Waals surface area contributed by atoms with Gasteiger partial charge in [-0.2, -0.15) is 0 Å². The van der Waals surface area contributed by atoms with E-state index in [2.05, 4.69) is 26.2 Å². The van der Waals surface area contributed by atoms with Crippen molar-refractivity contribution in [3.63, 3.8) is 0 Å². The fraction of sp³-hybridized carbons (Fsp3) is 0.143. The minimum atomic E-state index is -0.144. The zero-order chi connectivity index (χ0) is 13.8. The monoisotopic (exact) mass is 319 g/mol. The maximum atomic E-state index is 12.0. The summed E-state index contributed by atoms with van der Waals surface area (Å²) in [6.07, 6.45) is 1.61. The quantitative estimate of drug-likeness (QED) is 0.884. The summed E-state index contributed by atoms with van der Waals surface area (Å²) in [5.74, 6) is -0.144. The number of carbonyl (C=O) groups is 1. The van der Waals surface area contributed by atoms with E-state index in [1.165, 1.54) is 0 Å². The summed E-state index contributed by atoms with van der Waals surface area (Å²) in [5.41, 5.74) is 2.35. The smallest absolute Gasteiger partial charge is 0.255 e. The maximum absolute atomic E-state index is 12.0. The van der Waals surface area contributed by atoms with Crippen LogP contribution in [0.4, 0.5) is 11.4 Å². The lowest BCUT2D eigenvalue weighted by molar-refractivity contribution is 0.102. The third-order valence-corrected chi connectivity index (χ3v) is 3.10. The van der Waals surface area contributed by atoms with Gasteiger partial charge < -0.3 is 10.2 Å². The molecule has 5 heteroatoms. The van der Waals surface area contributed by atoms with E-state index in [1.807, 2.05) is 31.1 Å². The molecule has 0 radical (unpaired) electrons. The Morgan fingerprint density at radius 3 is 2.37 bits per heavy atom. The summed E-state index contributed by atoms with van der Waals surface area (Å²) < 4.78 is 0.737. The molecule has 19 heavy (non-hydrogen) atoms. The first-order chi connectivity index (χ1) is 9.06. The van der Waals surface area contributed by atoms with Crippen LogP contribution >= 0.6 is 15.9 Å². The lowest BCUT2D eigenvalue weighted by Gasteiger charge is -2.12. The summed E-state index contributed by atoms with van der Waals surface area (Å²) in [7, 11) is 3.92. The number of pyridine rings is 1. The van der Waals surface area contributed by atoms with Gasteiger partial charge in [0, 0.05) is 25.3 Å². The molecule has 0 saturated carbocycles. The first kappa shape index (κ1) is 13.5. The van der Waals surface area contributed by atoms with Crippen LogP contribution in [0, 0.1) is 0 Å². The first-order valence-corrected chi connectivity index (χ1v) is 6.56. The number of benzene rings is 1. The molecule has 2 aromatic rings. The van der Waals surface area contributed by atoms with Crippen LogP contribution in [0.2, 0.25) is 0 Å². The Hall–Kier alpha value is -1.88. The van der Waals surface area contributed by atoms with Gasteiger partial charge in [0.15, 0.2) is 0 Å². The van der Waals surface area contributed by atoms with Crippen LogP contribution < -0.4 is 10.2 Å². The molecule has 4 nitrogen and oxygen atoms in total. The Kier molecular flexibility index (Phi) is 4.16. The van der Waals surface area contributed by atoms with Gasteiger partial charge >= 0.3 is 0 Å². The van der Waals surface area contributed by atoms with Gasteiger partial charge in [0.1, 0.15) is 4.60 Å². The molecule has 0 spiro atoms. The summed E-state index contributed by atoms with van der Waals surface area (Å²) in [6.45, 7) is 0. The maximum Gasteiger partial charge on any atom is 0.255 e. The van der Waals surface area contributed by atoms with Crippen molar-refractivity contribution in [1.82, 2.24) is 4.98 Å². The van der Waals surface area contributed by atoms with Gasteiger partial charge in [-0.15, -0.1) is 0 Å². The van der Waals surface area contributed by atoms with Gasteiger partial charge in [-0.05, 0) is 52.3 Å². The highest BCUT2D eigenvalue weighted by atomic mass is 79.9. The van der Waals surface area contributed by atoms with Crippen LogP contribution in [-0.2, 0) is 0 Å². The molecule has 0 aliphatic rings. The number of anilines is 2. The second-order valence-corrected chi connectivity index (χ2v) is 5.08. The van der Waals surface area contributed by atoms with Gasteiger partial charge in [0.2, 0.25) is 0 Å². The van der Waals surface area contributed by atoms with Gasteiger partial charge in [-0.1, -0.05) is 0 Å². The number of halogens is 1. The molecular formula is C14H14BrN3O. The molecule has 0 aliphatic carbocycles. The van der Waals surface area contributed by atoms with Crippen molar-refractivity contribution >= 4 is 33.2 Å². The van der Waals surface area contributed by atoms with E-state index in [-0.39, 0.29) is 5.91 Å². The molecule has 1 heterocycles. The minimum absolute atomic E-state index is 0.144. The molecule has 0 unspecified atom stereocenters. The van der Waals surface area contributed by atoms with E-state index in [9.17, 15) is 4.79 Å². The Bertz CT molecular complexity index is 564. The second-order valence-electron chi connectivity index (χ2n) is 4.27. The van der Waals surface area contributed by atoms with Crippen molar-refractivity contribution < 1.29 is 4.79 Å². The topological polar surface area (TPSA) is 45.2 Å². The zero-order valence-electron chi connectivity index (χ0n) is 10.7. The number of nitrogens with zero attached hydrogens (tertiary/aromatic N) is 2. The summed E-state index contributed by atoms with van der Waals surface area (Å²) in [4.78, 5) is 18.1. The number of aromatic nitrogens is 1. The third kappa shape index (κ3) is 3.54. The van der Waals surface area contributed by atoms with Crippen molar-refractivity contribution in [1.29, 1.82) is 0 Å². The minimum Gasteiger partial charge on any atom is -0.378 e. The lowest BCUT2D eigenvalue weighted by Crippen LogP contribution is -2.13. The molecule has 0 bridgehead atoms. The first-order valence-electron chi connectivity index (χ1n) is 5.76. The van der Waals surface area contributed by atoms with Gasteiger partial charge in [-0.3, -0.25) is 4.79 Å². The van der Waals surface area contributed by atoms with Crippen molar-refractivity contribution in [2.75, 3.05) is 24.3 Å². The van der Waals surface area contributed by atoms with E-state index in [0.29, 0.717) is 11.3 Å². The van der Waals surface area contributed by atoms with Gasteiger partial charge in [-0.25, -0.2) is 4.98 Å². The molecule has 1 aromatic carbocycles. The lowest BCUT2D eigenvalue weighted by atomic mass is 10.2. The van der Waals surface area contributed by atoms with E-state index in [0.717, 1.165) is 10.3 Å². The number of carbonyl (C=O) groups excluding carboxylic acids is 1. The van der Waals surface area contributed by atoms with E-state index in [4.69, 9.17) is 0 Å². The highest BCUT2D eigenvalue weighted by molar-refractivity contribution is 9.10. The van der Waals surface area contributed by atoms with Crippen LogP contribution in [-0.4, -0.2) is 25.0 Å². The molecular weight excluding hydrogens is 306 g/mol. The zero-order valence-corrected chi connectivity index (χ0v) is 12.3. The Balaban J connectivity index is 2.09. The largest absolute Gasteiger partial charge is 0.378 e. The van der Waals surface area contributed by atoms with Crippen molar-refractivity contribution in [2.45, 2.75) is 0 Å². The SMILES string of the molecule is CN(C)c1ccc(C(=O)Nc2ccc(Br)nc2)cc1. The summed E-state index contributed by atoms with van der Waals surface area (Å²) in [6, 6.07) is 11.0. The standard InChI is InChI=1S/C14H14BrN3O/c1-18(2)12-6-3-10(4-7-12)14(19)17-11-5-8-13(15)16-9-11/h3-9H,1-2H3,(H,17,19). The van der Waals surface area contributed by atoms with E-state index in [1.54, 1.807) is 30.5 Å². The summed E-state index contributed by atoms with van der Waals surface area (Å²) in [5, 5.41) is 2.80. The molecule has 0 saturated heterocycles. The fourth-order valence-electron chi connectivity index (χ4n) is 1.56. The average Bonchev–Trinajstić information content (AvgIpc) is 2.41. The predicted octanol–water partition coefficient (Wildman–Crippen LogP) is 3.16. The normalized spacial score (nSPS) is 10.1. The second kappa shape index (κ2) is 5.84. The molecule has 2 rings (SSSR count). The van der Waals surface area contributed by atoms with Crippen molar-refractivity contribution in [2.24, 2.45) is 0 Å². The van der Waals surface area contributed by atoms with Crippen LogP contribution in [0.5, 0.6) is 0 Å². The fourth-order valence-corrected chi connectivity index (χ4v) is 1.80. The number of hydrogen-bond acceptors (Lipinski definition) is 3. The van der Waals surface area contributed by atoms with Gasteiger partial charge in [0.25, 0.3) is 5.91 Å². The van der Waals surface area contributed by atoms with Crippen LogP contribution in [0.3, 0.4) is 0 Å². The van der Waals surface area contributed by atoms with Crippen molar-refractivity contribution in [3.8, 4) is 0 Å². The molecule has 98 valence electrons. The van der Waals surface area contributed by atoms with Crippen LogP contribution in [0.1, 0.15) is 10.4 Å². The summed E-state index contributed by atoms with van der Waals surface area (Å²) >= 11 is 3.25. The molecule has 1 amide bonds. The number of rotatable bonds is 3. The highest BCUT2D eigenvalue weighted by Gasteiger charge is 2.06. The third-order valence-electron chi connectivity index (χ3n) is 2.63. The number of amides is 1. The average molecular weight is 320 g/mol. The molecule has 0 fully saturated rings. The van der Waals surface area contributed by atoms with Crippen LogP contribution in [0.25, 0.3) is 0 Å². The number of nitrogens with one attached hydrogen (secondary N) is 1. The van der Waals surface area contributed by atoms with E-state index < -0.39 is 0 Å². The highest BCUT2D eigenvalue weighted by Crippen LogP contribution is 2.15. The molecule has 0 aliphatic heterocycles. The predicted molar refractivity (Wildman–Crippen MR) is 80.7 cm³/mol. The van der Waals surface area contributed by atoms with Crippen LogP contribution in [0.15, 0.2) is 47.2 Å². The Morgan fingerprint density at radius 2 is 1.84 bits per heavy atom. The molecule has 1 aromatic heterocycles. The number of hydrogen-bond donors (Lipinski definition) is 1. The van der Waals surface area contributed by atoms with Gasteiger partial charge in [0.05, 0.1) is 11.9 Å². The Labute approximate surface area is 120 Å². The van der Waals surface area contributed by atoms with Crippen molar-refractivity contribution in [3.05, 3.63) is 52.8 Å². The molecule has 0 atom stereocenters. The molecule has 1 N–H and O–H groups in total. The van der Waals surface area contributed by atoms with E-state index >= 15 is 0 Å².